The minimum atomic E-state index is -0.901. The van der Waals surface area contributed by atoms with Crippen LogP contribution in [0.2, 0.25) is 5.02 Å². The first-order valence-corrected chi connectivity index (χ1v) is 7.48. The van der Waals surface area contributed by atoms with Crippen LogP contribution in [0.15, 0.2) is 24.3 Å². The largest absolute Gasteiger partial charge is 0.466 e. The number of benzene rings is 1. The van der Waals surface area contributed by atoms with E-state index < -0.39 is 17.9 Å². The van der Waals surface area contributed by atoms with Gasteiger partial charge in [0, 0.05) is 16.5 Å². The summed E-state index contributed by atoms with van der Waals surface area (Å²) < 4.78 is 4.85. The fourth-order valence-corrected chi connectivity index (χ4v) is 1.98. The zero-order valence-electron chi connectivity index (χ0n) is 12.9. The van der Waals surface area contributed by atoms with E-state index in [1.165, 1.54) is 0 Å². The zero-order valence-corrected chi connectivity index (χ0v) is 13.6. The molecule has 1 rings (SSSR count). The first-order valence-electron chi connectivity index (χ1n) is 7.11. The molecule has 0 spiro atoms. The van der Waals surface area contributed by atoms with Gasteiger partial charge in [-0.25, -0.2) is 0 Å². The van der Waals surface area contributed by atoms with Gasteiger partial charge in [0.25, 0.3) is 5.91 Å². The van der Waals surface area contributed by atoms with Gasteiger partial charge in [0.15, 0.2) is 5.78 Å². The average molecular weight is 326 g/mol. The second kappa shape index (κ2) is 8.54. The Morgan fingerprint density at radius 3 is 2.27 bits per heavy atom. The smallest absolute Gasteiger partial charge is 0.308 e. The number of rotatable bonds is 7. The third-order valence-corrected chi connectivity index (χ3v) is 3.25. The van der Waals surface area contributed by atoms with Crippen LogP contribution >= 0.6 is 11.6 Å². The van der Waals surface area contributed by atoms with Crippen LogP contribution in [0.25, 0.3) is 0 Å². The molecule has 6 heteroatoms. The fraction of sp³-hybridized carbons (Fsp3) is 0.438. The van der Waals surface area contributed by atoms with Crippen LogP contribution in [0.5, 0.6) is 0 Å². The summed E-state index contributed by atoms with van der Waals surface area (Å²) in [5.74, 6) is -1.46. The lowest BCUT2D eigenvalue weighted by Gasteiger charge is -2.19. The lowest BCUT2D eigenvalue weighted by atomic mass is 9.99. The summed E-state index contributed by atoms with van der Waals surface area (Å²) in [5.41, 5.74) is 0.370. The number of ketones is 1. The molecule has 0 heterocycles. The molecular formula is C16H20ClNO4. The maximum atomic E-state index is 12.2. The highest BCUT2D eigenvalue weighted by atomic mass is 35.5. The Kier molecular flexibility index (Phi) is 7.05. The van der Waals surface area contributed by atoms with Crippen molar-refractivity contribution in [2.75, 3.05) is 6.61 Å². The highest BCUT2D eigenvalue weighted by molar-refractivity contribution is 6.30. The minimum Gasteiger partial charge on any atom is -0.466 e. The van der Waals surface area contributed by atoms with Gasteiger partial charge < -0.3 is 10.1 Å². The van der Waals surface area contributed by atoms with Crippen LogP contribution in [0, 0.1) is 5.92 Å². The van der Waals surface area contributed by atoms with Crippen molar-refractivity contribution >= 4 is 29.3 Å². The van der Waals surface area contributed by atoms with Gasteiger partial charge in [-0.1, -0.05) is 25.4 Å². The van der Waals surface area contributed by atoms with E-state index in [9.17, 15) is 14.4 Å². The van der Waals surface area contributed by atoms with Crippen molar-refractivity contribution in [1.29, 1.82) is 0 Å². The lowest BCUT2D eigenvalue weighted by molar-refractivity contribution is -0.145. The Hall–Kier alpha value is -1.88. The van der Waals surface area contributed by atoms with E-state index in [-0.39, 0.29) is 24.7 Å². The first-order chi connectivity index (χ1) is 10.3. The molecule has 0 bridgehead atoms. The summed E-state index contributed by atoms with van der Waals surface area (Å²) in [6.07, 6.45) is -0.176. The van der Waals surface area contributed by atoms with E-state index in [0.717, 1.165) is 0 Å². The molecular weight excluding hydrogens is 306 g/mol. The molecule has 1 amide bonds. The molecule has 0 saturated carbocycles. The number of ether oxygens (including phenoxy) is 1. The van der Waals surface area contributed by atoms with E-state index >= 15 is 0 Å². The van der Waals surface area contributed by atoms with Gasteiger partial charge in [-0.2, -0.15) is 0 Å². The third kappa shape index (κ3) is 5.48. The molecule has 1 aromatic carbocycles. The number of carbonyl (C=O) groups is 3. The summed E-state index contributed by atoms with van der Waals surface area (Å²) in [6, 6.07) is 5.38. The first kappa shape index (κ1) is 18.2. The van der Waals surface area contributed by atoms with Crippen LogP contribution in [0.4, 0.5) is 0 Å². The SMILES string of the molecule is CCOC(=O)CC(NC(=O)c1ccc(Cl)cc1)C(=O)C(C)C. The average Bonchev–Trinajstić information content (AvgIpc) is 2.46. The topological polar surface area (TPSA) is 72.5 Å². The molecule has 0 radical (unpaired) electrons. The number of amides is 1. The highest BCUT2D eigenvalue weighted by Crippen LogP contribution is 2.11. The molecule has 1 atom stereocenters. The molecule has 1 N–H and O–H groups in total. The summed E-state index contributed by atoms with van der Waals surface area (Å²) in [7, 11) is 0. The highest BCUT2D eigenvalue weighted by Gasteiger charge is 2.26. The molecule has 1 aromatic rings. The second-order valence-corrected chi connectivity index (χ2v) is 5.54. The van der Waals surface area contributed by atoms with Crippen LogP contribution in [0.1, 0.15) is 37.6 Å². The van der Waals surface area contributed by atoms with Gasteiger partial charge in [0.2, 0.25) is 0 Å². The Morgan fingerprint density at radius 1 is 1.18 bits per heavy atom. The van der Waals surface area contributed by atoms with E-state index in [2.05, 4.69) is 5.32 Å². The van der Waals surface area contributed by atoms with Crippen molar-refractivity contribution in [3.05, 3.63) is 34.9 Å². The van der Waals surface area contributed by atoms with Gasteiger partial charge in [0.05, 0.1) is 19.1 Å². The number of carbonyl (C=O) groups excluding carboxylic acids is 3. The van der Waals surface area contributed by atoms with Crippen molar-refractivity contribution < 1.29 is 19.1 Å². The number of hydrogen-bond donors (Lipinski definition) is 1. The number of hydrogen-bond acceptors (Lipinski definition) is 4. The molecule has 1 unspecified atom stereocenters. The predicted octanol–water partition coefficient (Wildman–Crippen LogP) is 2.62. The van der Waals surface area contributed by atoms with Crippen molar-refractivity contribution in [3.63, 3.8) is 0 Å². The number of Topliss-reactive ketones (excluding diaryl/α,β-unsaturated/α-hetero) is 1. The van der Waals surface area contributed by atoms with Crippen LogP contribution in [0.3, 0.4) is 0 Å². The Balaban J connectivity index is 2.83. The predicted molar refractivity (Wildman–Crippen MR) is 83.8 cm³/mol. The normalized spacial score (nSPS) is 11.9. The molecule has 0 aliphatic rings. The molecule has 0 aliphatic heterocycles. The molecule has 5 nitrogen and oxygen atoms in total. The quantitative estimate of drug-likeness (QED) is 0.782. The van der Waals surface area contributed by atoms with Crippen molar-refractivity contribution in [3.8, 4) is 0 Å². The second-order valence-electron chi connectivity index (χ2n) is 5.10. The summed E-state index contributed by atoms with van der Waals surface area (Å²) in [5, 5.41) is 3.10. The molecule has 0 fully saturated rings. The van der Waals surface area contributed by atoms with E-state index in [1.54, 1.807) is 45.0 Å². The molecule has 0 saturated heterocycles. The monoisotopic (exact) mass is 325 g/mol. The molecule has 120 valence electrons. The maximum absolute atomic E-state index is 12.2. The number of esters is 1. The molecule has 0 aliphatic carbocycles. The Morgan fingerprint density at radius 2 is 1.77 bits per heavy atom. The summed E-state index contributed by atoms with van der Waals surface area (Å²) >= 11 is 5.77. The summed E-state index contributed by atoms with van der Waals surface area (Å²) in [6.45, 7) is 5.35. The van der Waals surface area contributed by atoms with Gasteiger partial charge in [-0.05, 0) is 31.2 Å². The summed E-state index contributed by atoms with van der Waals surface area (Å²) in [4.78, 5) is 35.9. The number of nitrogens with one attached hydrogen (secondary N) is 1. The van der Waals surface area contributed by atoms with Crippen molar-refractivity contribution in [1.82, 2.24) is 5.32 Å². The van der Waals surface area contributed by atoms with Gasteiger partial charge in [-0.3, -0.25) is 14.4 Å². The van der Waals surface area contributed by atoms with Crippen LogP contribution < -0.4 is 5.32 Å². The van der Waals surface area contributed by atoms with E-state index in [1.807, 2.05) is 0 Å². The third-order valence-electron chi connectivity index (χ3n) is 3.00. The molecule has 22 heavy (non-hydrogen) atoms. The van der Waals surface area contributed by atoms with Gasteiger partial charge in [0.1, 0.15) is 0 Å². The lowest BCUT2D eigenvalue weighted by Crippen LogP contribution is -2.44. The van der Waals surface area contributed by atoms with Crippen molar-refractivity contribution in [2.24, 2.45) is 5.92 Å². The van der Waals surface area contributed by atoms with Gasteiger partial charge in [-0.15, -0.1) is 0 Å². The maximum Gasteiger partial charge on any atom is 0.308 e. The number of halogens is 1. The Labute approximate surface area is 135 Å². The van der Waals surface area contributed by atoms with E-state index in [4.69, 9.17) is 16.3 Å². The minimum absolute atomic E-state index is 0.176. The van der Waals surface area contributed by atoms with Crippen LogP contribution in [-0.4, -0.2) is 30.3 Å². The van der Waals surface area contributed by atoms with Crippen LogP contribution in [-0.2, 0) is 14.3 Å². The standard InChI is InChI=1S/C16H20ClNO4/c1-4-22-14(19)9-13(15(20)10(2)3)18-16(21)11-5-7-12(17)8-6-11/h5-8,10,13H,4,9H2,1-3H3,(H,18,21). The van der Waals surface area contributed by atoms with Crippen molar-refractivity contribution in [2.45, 2.75) is 33.2 Å². The van der Waals surface area contributed by atoms with E-state index in [0.29, 0.717) is 10.6 Å². The van der Waals surface area contributed by atoms with Gasteiger partial charge >= 0.3 is 5.97 Å². The molecule has 0 aromatic heterocycles. The zero-order chi connectivity index (χ0) is 16.7. The Bertz CT molecular complexity index is 540. The fourth-order valence-electron chi connectivity index (χ4n) is 1.85.